The Bertz CT molecular complexity index is 580. The molecule has 126 valence electrons. The highest BCUT2D eigenvalue weighted by molar-refractivity contribution is 5.81. The first-order valence-corrected chi connectivity index (χ1v) is 7.52. The molecular formula is C17H23NO5. The topological polar surface area (TPSA) is 76.1 Å². The molecular weight excluding hydrogens is 298 g/mol. The molecule has 1 N–H and O–H groups in total. The van der Waals surface area contributed by atoms with Crippen LogP contribution in [0.3, 0.4) is 0 Å². The number of hydrogen-bond donors (Lipinski definition) is 1. The van der Waals surface area contributed by atoms with Crippen LogP contribution in [0.2, 0.25) is 0 Å². The van der Waals surface area contributed by atoms with Crippen LogP contribution < -0.4 is 0 Å². The second kappa shape index (κ2) is 6.20. The predicted molar refractivity (Wildman–Crippen MR) is 84.1 cm³/mol. The van der Waals surface area contributed by atoms with Crippen LogP contribution in [0.5, 0.6) is 0 Å². The van der Waals surface area contributed by atoms with E-state index in [0.29, 0.717) is 0 Å². The number of carboxylic acids is 1. The summed E-state index contributed by atoms with van der Waals surface area (Å²) >= 11 is 0. The number of carboxylic acid groups (broad SMARTS) is 1. The SMILES string of the molecule is COC1(c2ccccc2)CC(C(=O)O)N(C(=O)OC(C)(C)C)C1. The molecule has 23 heavy (non-hydrogen) atoms. The molecule has 0 bridgehead atoms. The highest BCUT2D eigenvalue weighted by Gasteiger charge is 2.51. The molecule has 1 fully saturated rings. The molecule has 1 aromatic carbocycles. The van der Waals surface area contributed by atoms with E-state index in [2.05, 4.69) is 0 Å². The molecule has 1 saturated heterocycles. The monoisotopic (exact) mass is 321 g/mol. The zero-order valence-corrected chi connectivity index (χ0v) is 13.9. The number of methoxy groups -OCH3 is 1. The molecule has 2 rings (SSSR count). The third kappa shape index (κ3) is 3.64. The molecule has 1 aromatic rings. The van der Waals surface area contributed by atoms with Crippen LogP contribution in [0.25, 0.3) is 0 Å². The van der Waals surface area contributed by atoms with E-state index in [9.17, 15) is 14.7 Å². The number of amides is 1. The number of carbonyl (C=O) groups is 2. The van der Waals surface area contributed by atoms with Crippen molar-refractivity contribution in [2.24, 2.45) is 0 Å². The van der Waals surface area contributed by atoms with Gasteiger partial charge >= 0.3 is 12.1 Å². The Morgan fingerprint density at radius 2 is 1.87 bits per heavy atom. The number of carbonyl (C=O) groups excluding carboxylic acids is 1. The lowest BCUT2D eigenvalue weighted by Gasteiger charge is -2.29. The van der Waals surface area contributed by atoms with Crippen molar-refractivity contribution in [1.82, 2.24) is 4.90 Å². The first-order chi connectivity index (χ1) is 10.7. The Balaban J connectivity index is 2.33. The number of hydrogen-bond acceptors (Lipinski definition) is 4. The van der Waals surface area contributed by atoms with Crippen molar-refractivity contribution in [3.05, 3.63) is 35.9 Å². The lowest BCUT2D eigenvalue weighted by Crippen LogP contribution is -2.44. The average Bonchev–Trinajstić information content (AvgIpc) is 2.88. The van der Waals surface area contributed by atoms with E-state index < -0.39 is 29.3 Å². The molecule has 1 amide bonds. The van der Waals surface area contributed by atoms with E-state index in [-0.39, 0.29) is 13.0 Å². The number of rotatable bonds is 3. The molecule has 0 aromatic heterocycles. The molecule has 0 radical (unpaired) electrons. The van der Waals surface area contributed by atoms with Gasteiger partial charge in [-0.3, -0.25) is 4.90 Å². The number of likely N-dealkylation sites (tertiary alicyclic amines) is 1. The largest absolute Gasteiger partial charge is 0.480 e. The summed E-state index contributed by atoms with van der Waals surface area (Å²) in [6, 6.07) is 8.37. The Morgan fingerprint density at radius 3 is 2.35 bits per heavy atom. The molecule has 6 heteroatoms. The maximum absolute atomic E-state index is 12.4. The van der Waals surface area contributed by atoms with Crippen molar-refractivity contribution in [2.75, 3.05) is 13.7 Å². The van der Waals surface area contributed by atoms with Crippen LogP contribution in [-0.4, -0.2) is 47.4 Å². The van der Waals surface area contributed by atoms with E-state index in [0.717, 1.165) is 5.56 Å². The zero-order valence-electron chi connectivity index (χ0n) is 13.9. The minimum Gasteiger partial charge on any atom is -0.480 e. The fraction of sp³-hybridized carbons (Fsp3) is 0.529. The van der Waals surface area contributed by atoms with Gasteiger partial charge in [-0.1, -0.05) is 30.3 Å². The normalized spacial score (nSPS) is 24.5. The van der Waals surface area contributed by atoms with Crippen LogP contribution in [0, 0.1) is 0 Å². The van der Waals surface area contributed by atoms with Crippen molar-refractivity contribution >= 4 is 12.1 Å². The van der Waals surface area contributed by atoms with Gasteiger partial charge in [0.15, 0.2) is 0 Å². The van der Waals surface area contributed by atoms with Gasteiger partial charge in [0.05, 0.1) is 6.54 Å². The molecule has 1 aliphatic heterocycles. The predicted octanol–water partition coefficient (Wildman–Crippen LogP) is 2.62. The molecule has 0 aliphatic carbocycles. The Morgan fingerprint density at radius 1 is 1.26 bits per heavy atom. The highest BCUT2D eigenvalue weighted by Crippen LogP contribution is 2.39. The molecule has 0 saturated carbocycles. The number of aliphatic carboxylic acids is 1. The van der Waals surface area contributed by atoms with Gasteiger partial charge in [-0.2, -0.15) is 0 Å². The molecule has 2 unspecified atom stereocenters. The molecule has 1 aliphatic rings. The lowest BCUT2D eigenvalue weighted by atomic mass is 9.91. The summed E-state index contributed by atoms with van der Waals surface area (Å²) in [5.74, 6) is -1.06. The fourth-order valence-corrected chi connectivity index (χ4v) is 2.82. The van der Waals surface area contributed by atoms with Crippen LogP contribution in [0.15, 0.2) is 30.3 Å². The van der Waals surface area contributed by atoms with Crippen LogP contribution in [0.4, 0.5) is 4.79 Å². The summed E-state index contributed by atoms with van der Waals surface area (Å²) in [5.41, 5.74) is -0.688. The van der Waals surface area contributed by atoms with E-state index >= 15 is 0 Å². The second-order valence-corrected chi connectivity index (χ2v) is 6.73. The Hall–Kier alpha value is -2.08. The number of benzene rings is 1. The van der Waals surface area contributed by atoms with Crippen LogP contribution in [0.1, 0.15) is 32.8 Å². The van der Waals surface area contributed by atoms with Gasteiger partial charge in [0.1, 0.15) is 17.2 Å². The first-order valence-electron chi connectivity index (χ1n) is 7.52. The second-order valence-electron chi connectivity index (χ2n) is 6.73. The van der Waals surface area contributed by atoms with Gasteiger partial charge < -0.3 is 14.6 Å². The number of ether oxygens (including phenoxy) is 2. The van der Waals surface area contributed by atoms with E-state index in [1.807, 2.05) is 30.3 Å². The van der Waals surface area contributed by atoms with Gasteiger partial charge in [-0.25, -0.2) is 9.59 Å². The van der Waals surface area contributed by atoms with Gasteiger partial charge in [-0.15, -0.1) is 0 Å². The van der Waals surface area contributed by atoms with Crippen molar-refractivity contribution in [1.29, 1.82) is 0 Å². The summed E-state index contributed by atoms with van der Waals surface area (Å²) in [6.45, 7) is 5.38. The quantitative estimate of drug-likeness (QED) is 0.926. The smallest absolute Gasteiger partial charge is 0.411 e. The van der Waals surface area contributed by atoms with E-state index in [4.69, 9.17) is 9.47 Å². The maximum Gasteiger partial charge on any atom is 0.411 e. The summed E-state index contributed by atoms with van der Waals surface area (Å²) < 4.78 is 11.0. The summed E-state index contributed by atoms with van der Waals surface area (Å²) in [7, 11) is 1.53. The fourth-order valence-electron chi connectivity index (χ4n) is 2.82. The van der Waals surface area contributed by atoms with Gasteiger partial charge in [0.2, 0.25) is 0 Å². The van der Waals surface area contributed by atoms with Gasteiger partial charge in [-0.05, 0) is 26.3 Å². The van der Waals surface area contributed by atoms with Crippen LogP contribution >= 0.6 is 0 Å². The third-order valence-electron chi connectivity index (χ3n) is 3.93. The summed E-state index contributed by atoms with van der Waals surface area (Å²) in [5, 5.41) is 9.50. The minimum absolute atomic E-state index is 0.138. The summed E-state index contributed by atoms with van der Waals surface area (Å²) in [6.07, 6.45) is -0.456. The zero-order chi connectivity index (χ0) is 17.3. The van der Waals surface area contributed by atoms with Crippen molar-refractivity contribution in [2.45, 2.75) is 44.4 Å². The molecule has 0 spiro atoms. The molecule has 2 atom stereocenters. The Labute approximate surface area is 136 Å². The standard InChI is InChI=1S/C17H23NO5/c1-16(2,3)23-15(21)18-11-17(22-4,10-13(18)14(19)20)12-8-6-5-7-9-12/h5-9,13H,10-11H2,1-4H3,(H,19,20). The van der Waals surface area contributed by atoms with Crippen molar-refractivity contribution in [3.63, 3.8) is 0 Å². The van der Waals surface area contributed by atoms with Crippen LogP contribution in [-0.2, 0) is 19.9 Å². The minimum atomic E-state index is -1.06. The maximum atomic E-state index is 12.4. The highest BCUT2D eigenvalue weighted by atomic mass is 16.6. The number of nitrogens with zero attached hydrogens (tertiary/aromatic N) is 1. The first kappa shape index (κ1) is 17.3. The summed E-state index contributed by atoms with van der Waals surface area (Å²) in [4.78, 5) is 25.2. The lowest BCUT2D eigenvalue weighted by molar-refractivity contribution is -0.142. The van der Waals surface area contributed by atoms with Crippen molar-refractivity contribution in [3.8, 4) is 0 Å². The van der Waals surface area contributed by atoms with E-state index in [1.165, 1.54) is 12.0 Å². The Kier molecular flexibility index (Phi) is 4.66. The molecule has 6 nitrogen and oxygen atoms in total. The van der Waals surface area contributed by atoms with E-state index in [1.54, 1.807) is 20.8 Å². The third-order valence-corrected chi connectivity index (χ3v) is 3.93. The molecule has 1 heterocycles. The average molecular weight is 321 g/mol. The van der Waals surface area contributed by atoms with Gasteiger partial charge in [0.25, 0.3) is 0 Å². The van der Waals surface area contributed by atoms with Gasteiger partial charge in [0, 0.05) is 13.5 Å². The van der Waals surface area contributed by atoms with Crippen molar-refractivity contribution < 1.29 is 24.2 Å².